The van der Waals surface area contributed by atoms with Crippen LogP contribution in [0.15, 0.2) is 16.6 Å². The van der Waals surface area contributed by atoms with E-state index in [-0.39, 0.29) is 0 Å². The van der Waals surface area contributed by atoms with Crippen molar-refractivity contribution in [2.45, 2.75) is 19.4 Å². The van der Waals surface area contributed by atoms with Crippen molar-refractivity contribution in [2.24, 2.45) is 4.99 Å². The molecule has 0 aliphatic carbocycles. The zero-order valence-corrected chi connectivity index (χ0v) is 9.58. The summed E-state index contributed by atoms with van der Waals surface area (Å²) in [7, 11) is 2.16. The Hall–Kier alpha value is -1.03. The minimum Gasteiger partial charge on any atom is -0.353 e. The van der Waals surface area contributed by atoms with Crippen LogP contribution in [0.1, 0.15) is 13.3 Å². The van der Waals surface area contributed by atoms with Gasteiger partial charge in [0.15, 0.2) is 5.96 Å². The van der Waals surface area contributed by atoms with Crippen LogP contribution in [-0.4, -0.2) is 50.1 Å². The maximum absolute atomic E-state index is 4.37. The molecule has 0 amide bonds. The highest BCUT2D eigenvalue weighted by molar-refractivity contribution is 5.81. The predicted octanol–water partition coefficient (Wildman–Crippen LogP) is 0.186. The van der Waals surface area contributed by atoms with Crippen molar-refractivity contribution in [3.8, 4) is 0 Å². The van der Waals surface area contributed by atoms with Crippen molar-refractivity contribution in [2.75, 3.05) is 33.2 Å². The first-order valence-corrected chi connectivity index (χ1v) is 5.65. The quantitative estimate of drug-likeness (QED) is 0.636. The molecule has 0 radical (unpaired) electrons. The molecule has 1 unspecified atom stereocenters. The molecule has 2 aliphatic rings. The van der Waals surface area contributed by atoms with Crippen molar-refractivity contribution >= 4 is 5.96 Å². The van der Waals surface area contributed by atoms with Gasteiger partial charge in [0, 0.05) is 25.7 Å². The van der Waals surface area contributed by atoms with Gasteiger partial charge >= 0.3 is 0 Å². The zero-order valence-electron chi connectivity index (χ0n) is 9.58. The fraction of sp³-hybridized carbons (Fsp3) is 0.727. The number of aliphatic imine (C=N–C) groups is 1. The second-order valence-corrected chi connectivity index (χ2v) is 4.46. The molecule has 0 saturated carbocycles. The number of rotatable bonds is 2. The van der Waals surface area contributed by atoms with Crippen molar-refractivity contribution in [3.05, 3.63) is 11.6 Å². The van der Waals surface area contributed by atoms with Gasteiger partial charge in [0.05, 0.1) is 6.54 Å². The molecule has 84 valence electrons. The first kappa shape index (κ1) is 10.5. The number of likely N-dealkylation sites (N-methyl/N-ethyl adjacent to an activating group) is 1. The van der Waals surface area contributed by atoms with Crippen LogP contribution in [-0.2, 0) is 0 Å². The Labute approximate surface area is 91.4 Å². The van der Waals surface area contributed by atoms with Crippen LogP contribution in [0.5, 0.6) is 0 Å². The lowest BCUT2D eigenvalue weighted by atomic mass is 10.1. The lowest BCUT2D eigenvalue weighted by Gasteiger charge is -2.22. The van der Waals surface area contributed by atoms with Crippen LogP contribution in [0.3, 0.4) is 0 Å². The number of guanidine groups is 1. The van der Waals surface area contributed by atoms with Gasteiger partial charge in [0.2, 0.25) is 0 Å². The van der Waals surface area contributed by atoms with Crippen LogP contribution in [0, 0.1) is 0 Å². The molecule has 15 heavy (non-hydrogen) atoms. The van der Waals surface area contributed by atoms with E-state index in [4.69, 9.17) is 0 Å². The Morgan fingerprint density at radius 1 is 1.67 bits per heavy atom. The highest BCUT2D eigenvalue weighted by Gasteiger charge is 2.13. The Kier molecular flexibility index (Phi) is 3.26. The van der Waals surface area contributed by atoms with E-state index in [0.717, 1.165) is 25.6 Å². The maximum Gasteiger partial charge on any atom is 0.191 e. The van der Waals surface area contributed by atoms with Gasteiger partial charge < -0.3 is 15.5 Å². The molecule has 4 heteroatoms. The maximum atomic E-state index is 4.37. The van der Waals surface area contributed by atoms with Crippen molar-refractivity contribution in [3.63, 3.8) is 0 Å². The third kappa shape index (κ3) is 2.96. The summed E-state index contributed by atoms with van der Waals surface area (Å²) in [5.74, 6) is 0.960. The summed E-state index contributed by atoms with van der Waals surface area (Å²) >= 11 is 0. The van der Waals surface area contributed by atoms with Gasteiger partial charge in [-0.05, 0) is 20.4 Å². The van der Waals surface area contributed by atoms with E-state index in [1.54, 1.807) is 0 Å². The minimum absolute atomic E-state index is 0.485. The second kappa shape index (κ2) is 4.66. The zero-order chi connectivity index (χ0) is 10.7. The third-order valence-electron chi connectivity index (χ3n) is 2.90. The molecule has 2 heterocycles. The molecule has 1 atom stereocenters. The van der Waals surface area contributed by atoms with Crippen LogP contribution >= 0.6 is 0 Å². The number of hydrogen-bond acceptors (Lipinski definition) is 4. The molecule has 0 fully saturated rings. The van der Waals surface area contributed by atoms with Crippen molar-refractivity contribution in [1.29, 1.82) is 0 Å². The van der Waals surface area contributed by atoms with E-state index >= 15 is 0 Å². The van der Waals surface area contributed by atoms with Gasteiger partial charge in [0.25, 0.3) is 0 Å². The van der Waals surface area contributed by atoms with Crippen LogP contribution in [0.4, 0.5) is 0 Å². The summed E-state index contributed by atoms with van der Waals surface area (Å²) in [6.45, 7) is 6.22. The van der Waals surface area contributed by atoms with E-state index in [1.165, 1.54) is 18.5 Å². The number of hydrogen-bond donors (Lipinski definition) is 2. The summed E-state index contributed by atoms with van der Waals surface area (Å²) in [6, 6.07) is 0.485. The first-order chi connectivity index (χ1) is 7.24. The van der Waals surface area contributed by atoms with E-state index in [1.807, 2.05) is 0 Å². The topological polar surface area (TPSA) is 39.7 Å². The number of nitrogens with one attached hydrogen (secondary N) is 2. The summed E-state index contributed by atoms with van der Waals surface area (Å²) in [5, 5.41) is 6.65. The van der Waals surface area contributed by atoms with E-state index < -0.39 is 0 Å². The molecule has 0 saturated heterocycles. The Bertz CT molecular complexity index is 282. The summed E-state index contributed by atoms with van der Waals surface area (Å²) in [5.41, 5.74) is 1.50. The average molecular weight is 208 g/mol. The fourth-order valence-electron chi connectivity index (χ4n) is 1.83. The lowest BCUT2D eigenvalue weighted by molar-refractivity contribution is 0.357. The Morgan fingerprint density at radius 2 is 2.53 bits per heavy atom. The van der Waals surface area contributed by atoms with Crippen molar-refractivity contribution in [1.82, 2.24) is 15.5 Å². The average Bonchev–Trinajstić information content (AvgIpc) is 2.64. The molecule has 0 spiro atoms. The molecule has 0 aromatic carbocycles. The highest BCUT2D eigenvalue weighted by Crippen LogP contribution is 2.07. The van der Waals surface area contributed by atoms with Crippen molar-refractivity contribution < 1.29 is 0 Å². The first-order valence-electron chi connectivity index (χ1n) is 5.65. The van der Waals surface area contributed by atoms with Crippen LogP contribution in [0.2, 0.25) is 0 Å². The molecule has 0 bridgehead atoms. The molecule has 2 N–H and O–H groups in total. The summed E-state index contributed by atoms with van der Waals surface area (Å²) in [6.07, 6.45) is 3.49. The molecular formula is C11H20N4. The minimum atomic E-state index is 0.485. The fourth-order valence-corrected chi connectivity index (χ4v) is 1.83. The summed E-state index contributed by atoms with van der Waals surface area (Å²) < 4.78 is 0. The smallest absolute Gasteiger partial charge is 0.191 e. The molecule has 4 nitrogen and oxygen atoms in total. The lowest BCUT2D eigenvalue weighted by Crippen LogP contribution is -2.39. The third-order valence-corrected chi connectivity index (χ3v) is 2.90. The normalized spacial score (nSPS) is 26.9. The second-order valence-electron chi connectivity index (χ2n) is 4.46. The van der Waals surface area contributed by atoms with Crippen LogP contribution < -0.4 is 10.6 Å². The monoisotopic (exact) mass is 208 g/mol. The van der Waals surface area contributed by atoms with E-state index in [0.29, 0.717) is 6.04 Å². The predicted molar refractivity (Wildman–Crippen MR) is 63.1 cm³/mol. The number of nitrogens with zero attached hydrogens (tertiary/aromatic N) is 2. The molecular weight excluding hydrogens is 188 g/mol. The molecule has 2 rings (SSSR count). The van der Waals surface area contributed by atoms with Gasteiger partial charge in [0.1, 0.15) is 0 Å². The molecule has 0 aromatic rings. The summed E-state index contributed by atoms with van der Waals surface area (Å²) in [4.78, 5) is 6.70. The molecule has 2 aliphatic heterocycles. The Balaban J connectivity index is 1.74. The standard InChI is InChI=1S/C11H20N4/c1-9-7-12-11(14-9)13-8-10-3-5-15(2)6-4-10/h3,9H,4-8H2,1-2H3,(H2,12,13,14). The van der Waals surface area contributed by atoms with Gasteiger partial charge in [-0.3, -0.25) is 4.99 Å². The van der Waals surface area contributed by atoms with Gasteiger partial charge in [-0.25, -0.2) is 0 Å². The SMILES string of the molecule is CC1CN=C(NCC2=CCN(C)CC2)N1. The van der Waals surface area contributed by atoms with Crippen LogP contribution in [0.25, 0.3) is 0 Å². The van der Waals surface area contributed by atoms with E-state index in [2.05, 4.69) is 40.6 Å². The Morgan fingerprint density at radius 3 is 3.13 bits per heavy atom. The molecule has 0 aromatic heterocycles. The highest BCUT2D eigenvalue weighted by atomic mass is 15.2. The van der Waals surface area contributed by atoms with E-state index in [9.17, 15) is 0 Å². The van der Waals surface area contributed by atoms with Gasteiger partial charge in [-0.2, -0.15) is 0 Å². The van der Waals surface area contributed by atoms with Gasteiger partial charge in [-0.15, -0.1) is 0 Å². The van der Waals surface area contributed by atoms with Gasteiger partial charge in [-0.1, -0.05) is 11.6 Å². The largest absolute Gasteiger partial charge is 0.353 e.